The Labute approximate surface area is 209 Å². The lowest BCUT2D eigenvalue weighted by atomic mass is 10.0. The maximum Gasteiger partial charge on any atom is 0.272 e. The van der Waals surface area contributed by atoms with Gasteiger partial charge in [-0.25, -0.2) is 4.98 Å². The lowest BCUT2D eigenvalue weighted by molar-refractivity contribution is 0.0540. The van der Waals surface area contributed by atoms with Crippen molar-refractivity contribution >= 4 is 23.5 Å². The first-order chi connectivity index (χ1) is 16.5. The molecule has 2 fully saturated rings. The van der Waals surface area contributed by atoms with Crippen LogP contribution in [0.5, 0.6) is 0 Å². The number of aryl methyl sites for hydroxylation is 1. The summed E-state index contributed by atoms with van der Waals surface area (Å²) in [5, 5.41) is 0. The van der Waals surface area contributed by atoms with E-state index in [0.29, 0.717) is 12.2 Å². The average molecular weight is 482 g/mol. The van der Waals surface area contributed by atoms with Crippen LogP contribution in [0.2, 0.25) is 0 Å². The van der Waals surface area contributed by atoms with Gasteiger partial charge in [0, 0.05) is 62.7 Å². The number of anilines is 1. The Bertz CT molecular complexity index is 904. The van der Waals surface area contributed by atoms with Crippen molar-refractivity contribution in [3.05, 3.63) is 53.5 Å². The van der Waals surface area contributed by atoms with Crippen LogP contribution in [0.25, 0.3) is 0 Å². The van der Waals surface area contributed by atoms with E-state index in [1.165, 1.54) is 6.42 Å². The number of piperidine rings is 1. The molecule has 2 aliphatic heterocycles. The van der Waals surface area contributed by atoms with Crippen molar-refractivity contribution in [3.63, 3.8) is 0 Å². The highest BCUT2D eigenvalue weighted by atomic mass is 32.2. The normalized spacial score (nSPS) is 17.8. The molecule has 0 aliphatic carbocycles. The predicted molar refractivity (Wildman–Crippen MR) is 142 cm³/mol. The van der Waals surface area contributed by atoms with Gasteiger partial charge in [0.25, 0.3) is 5.91 Å². The van der Waals surface area contributed by atoms with Crippen LogP contribution in [0, 0.1) is 12.8 Å². The van der Waals surface area contributed by atoms with Gasteiger partial charge in [0.2, 0.25) is 0 Å². The second-order valence-electron chi connectivity index (χ2n) is 10.0. The Kier molecular flexibility index (Phi) is 8.84. The fraction of sp³-hybridized carbons (Fsp3) is 0.593. The lowest BCUT2D eigenvalue weighted by Crippen LogP contribution is -2.47. The highest BCUT2D eigenvalue weighted by Gasteiger charge is 2.29. The molecule has 0 bridgehead atoms. The number of hydrogen-bond donors (Lipinski definition) is 0. The molecule has 6 nitrogen and oxygen atoms in total. The van der Waals surface area contributed by atoms with Crippen molar-refractivity contribution in [1.29, 1.82) is 0 Å². The standard InChI is InChI=1S/C27H39N5OS/c1-21(2)8-11-30-12-9-24(10-13-30)32(27(33)25-6-4-22(3)18-28-25)20-23-5-7-26(29-19-23)31-14-16-34-17-15-31/h4-7,18-19,21,24H,8-17,20H2,1-3H3. The monoisotopic (exact) mass is 481 g/mol. The van der Waals surface area contributed by atoms with Crippen molar-refractivity contribution in [1.82, 2.24) is 19.8 Å². The van der Waals surface area contributed by atoms with Gasteiger partial charge in [-0.1, -0.05) is 26.0 Å². The van der Waals surface area contributed by atoms with Crippen molar-refractivity contribution in [2.75, 3.05) is 49.1 Å². The van der Waals surface area contributed by atoms with E-state index in [9.17, 15) is 4.79 Å². The molecular formula is C27H39N5OS. The number of rotatable bonds is 8. The van der Waals surface area contributed by atoms with Gasteiger partial charge in [-0.15, -0.1) is 0 Å². The number of nitrogens with zero attached hydrogens (tertiary/aromatic N) is 5. The van der Waals surface area contributed by atoms with E-state index in [2.05, 4.69) is 40.8 Å². The van der Waals surface area contributed by atoms with Crippen LogP contribution in [-0.2, 0) is 6.54 Å². The number of hydrogen-bond acceptors (Lipinski definition) is 6. The summed E-state index contributed by atoms with van der Waals surface area (Å²) in [4.78, 5) is 29.7. The van der Waals surface area contributed by atoms with Gasteiger partial charge in [-0.05, 0) is 61.9 Å². The number of likely N-dealkylation sites (tertiary alicyclic amines) is 1. The van der Waals surface area contributed by atoms with Crippen LogP contribution in [-0.4, -0.2) is 75.9 Å². The first-order valence-corrected chi connectivity index (χ1v) is 13.9. The lowest BCUT2D eigenvalue weighted by Gasteiger charge is -2.38. The molecule has 34 heavy (non-hydrogen) atoms. The van der Waals surface area contributed by atoms with Gasteiger partial charge >= 0.3 is 0 Å². The smallest absolute Gasteiger partial charge is 0.272 e. The van der Waals surface area contributed by atoms with Gasteiger partial charge in [0.15, 0.2) is 0 Å². The Morgan fingerprint density at radius 1 is 1.06 bits per heavy atom. The van der Waals surface area contributed by atoms with Crippen LogP contribution in [0.3, 0.4) is 0 Å². The molecule has 4 rings (SSSR count). The molecule has 0 N–H and O–H groups in total. The Morgan fingerprint density at radius 2 is 1.82 bits per heavy atom. The van der Waals surface area contributed by atoms with E-state index >= 15 is 0 Å². The van der Waals surface area contributed by atoms with E-state index in [1.54, 1.807) is 6.20 Å². The topological polar surface area (TPSA) is 52.6 Å². The highest BCUT2D eigenvalue weighted by molar-refractivity contribution is 7.99. The summed E-state index contributed by atoms with van der Waals surface area (Å²) in [7, 11) is 0. The minimum Gasteiger partial charge on any atom is -0.355 e. The molecule has 0 aromatic carbocycles. The Balaban J connectivity index is 1.46. The van der Waals surface area contributed by atoms with E-state index < -0.39 is 0 Å². The van der Waals surface area contributed by atoms with Crippen molar-refractivity contribution < 1.29 is 4.79 Å². The zero-order valence-corrected chi connectivity index (χ0v) is 21.8. The number of carbonyl (C=O) groups is 1. The molecule has 184 valence electrons. The summed E-state index contributed by atoms with van der Waals surface area (Å²) >= 11 is 2.00. The maximum absolute atomic E-state index is 13.6. The third-order valence-corrected chi connectivity index (χ3v) is 7.85. The molecule has 0 unspecified atom stereocenters. The molecule has 0 saturated carbocycles. The average Bonchev–Trinajstić information content (AvgIpc) is 2.87. The zero-order valence-electron chi connectivity index (χ0n) is 20.9. The molecule has 2 aromatic heterocycles. The van der Waals surface area contributed by atoms with Gasteiger partial charge in [-0.2, -0.15) is 11.8 Å². The summed E-state index contributed by atoms with van der Waals surface area (Å²) in [5.74, 6) is 4.11. The molecular weight excluding hydrogens is 442 g/mol. The maximum atomic E-state index is 13.6. The second-order valence-corrected chi connectivity index (χ2v) is 11.3. The molecule has 2 aliphatic rings. The van der Waals surface area contributed by atoms with Crippen LogP contribution < -0.4 is 4.90 Å². The van der Waals surface area contributed by atoms with Gasteiger partial charge in [0.1, 0.15) is 11.5 Å². The summed E-state index contributed by atoms with van der Waals surface area (Å²) < 4.78 is 0. The predicted octanol–water partition coefficient (Wildman–Crippen LogP) is 4.49. The molecule has 0 radical (unpaired) electrons. The first kappa shape index (κ1) is 25.0. The molecule has 7 heteroatoms. The van der Waals surface area contributed by atoms with E-state index in [1.807, 2.05) is 41.9 Å². The summed E-state index contributed by atoms with van der Waals surface area (Å²) in [6.45, 7) is 12.5. The molecule has 0 atom stereocenters. The zero-order chi connectivity index (χ0) is 23.9. The SMILES string of the molecule is Cc1ccc(C(=O)N(Cc2ccc(N3CCSCC3)nc2)C2CCN(CCC(C)C)CC2)nc1. The Hall–Kier alpha value is -2.12. The van der Waals surface area contributed by atoms with Gasteiger partial charge < -0.3 is 14.7 Å². The third-order valence-electron chi connectivity index (χ3n) is 6.91. The van der Waals surface area contributed by atoms with Crippen LogP contribution >= 0.6 is 11.8 Å². The fourth-order valence-electron chi connectivity index (χ4n) is 4.69. The molecule has 0 spiro atoms. The van der Waals surface area contributed by atoms with Gasteiger partial charge in [0.05, 0.1) is 0 Å². The third kappa shape index (κ3) is 6.72. The van der Waals surface area contributed by atoms with E-state index in [0.717, 1.165) is 79.9 Å². The summed E-state index contributed by atoms with van der Waals surface area (Å²) in [5.41, 5.74) is 2.68. The van der Waals surface area contributed by atoms with Gasteiger partial charge in [-0.3, -0.25) is 9.78 Å². The second kappa shape index (κ2) is 12.0. The quantitative estimate of drug-likeness (QED) is 0.554. The molecule has 2 saturated heterocycles. The van der Waals surface area contributed by atoms with E-state index in [-0.39, 0.29) is 11.9 Å². The number of thioether (sulfide) groups is 1. The molecule has 2 aromatic rings. The summed E-state index contributed by atoms with van der Waals surface area (Å²) in [6, 6.07) is 8.32. The molecule has 1 amide bonds. The van der Waals surface area contributed by atoms with Crippen molar-refractivity contribution in [2.45, 2.75) is 52.6 Å². The molecule has 4 heterocycles. The highest BCUT2D eigenvalue weighted by Crippen LogP contribution is 2.23. The largest absolute Gasteiger partial charge is 0.355 e. The van der Waals surface area contributed by atoms with Crippen molar-refractivity contribution in [2.24, 2.45) is 5.92 Å². The van der Waals surface area contributed by atoms with Crippen LogP contribution in [0.15, 0.2) is 36.7 Å². The number of amides is 1. The number of carbonyl (C=O) groups excluding carboxylic acids is 1. The van der Waals surface area contributed by atoms with Crippen LogP contribution in [0.4, 0.5) is 5.82 Å². The first-order valence-electron chi connectivity index (χ1n) is 12.7. The summed E-state index contributed by atoms with van der Waals surface area (Å²) in [6.07, 6.45) is 6.98. The van der Waals surface area contributed by atoms with Crippen LogP contribution in [0.1, 0.15) is 54.7 Å². The van der Waals surface area contributed by atoms with Crippen molar-refractivity contribution in [3.8, 4) is 0 Å². The number of pyridine rings is 2. The number of aromatic nitrogens is 2. The minimum absolute atomic E-state index is 0.0257. The Morgan fingerprint density at radius 3 is 2.44 bits per heavy atom. The van der Waals surface area contributed by atoms with E-state index in [4.69, 9.17) is 4.98 Å². The fourth-order valence-corrected chi connectivity index (χ4v) is 5.59. The minimum atomic E-state index is 0.0257.